The first-order valence-corrected chi connectivity index (χ1v) is 8.22. The van der Waals surface area contributed by atoms with Gasteiger partial charge in [0.25, 0.3) is 0 Å². The second-order valence-corrected chi connectivity index (χ2v) is 7.33. The maximum Gasteiger partial charge on any atom is 0.0992 e. The number of rotatable bonds is 4. The van der Waals surface area contributed by atoms with Gasteiger partial charge in [-0.1, -0.05) is 23.2 Å². The molecule has 3 nitrogen and oxygen atoms in total. The van der Waals surface area contributed by atoms with Crippen LogP contribution < -0.4 is 5.73 Å². The number of nitrogens with two attached hydrogens (primary N) is 1. The lowest BCUT2D eigenvalue weighted by Gasteiger charge is -2.12. The Morgan fingerprint density at radius 2 is 2.21 bits per heavy atom. The summed E-state index contributed by atoms with van der Waals surface area (Å²) in [4.78, 5) is 0. The zero-order chi connectivity index (χ0) is 14.2. The van der Waals surface area contributed by atoms with Crippen LogP contribution in [-0.2, 0) is 13.0 Å². The van der Waals surface area contributed by atoms with Crippen molar-refractivity contribution in [1.82, 2.24) is 9.78 Å². The predicted octanol–water partition coefficient (Wildman–Crippen LogP) is 4.58. The van der Waals surface area contributed by atoms with Crippen LogP contribution in [0, 0.1) is 6.92 Å². The zero-order valence-electron chi connectivity index (χ0n) is 10.6. The van der Waals surface area contributed by atoms with Crippen molar-refractivity contribution in [2.24, 2.45) is 5.73 Å². The topological polar surface area (TPSA) is 43.8 Å². The van der Waals surface area contributed by atoms with Crippen LogP contribution in [0.5, 0.6) is 0 Å². The molecule has 0 aliphatic carbocycles. The molecule has 0 saturated carbocycles. The molecule has 104 valence electrons. The number of aryl methyl sites for hydroxylation is 2. The van der Waals surface area contributed by atoms with Crippen molar-refractivity contribution >= 4 is 50.5 Å². The van der Waals surface area contributed by atoms with Crippen molar-refractivity contribution in [2.75, 3.05) is 0 Å². The van der Waals surface area contributed by atoms with Crippen LogP contribution in [-0.4, -0.2) is 9.78 Å². The second kappa shape index (κ2) is 6.14. The quantitative estimate of drug-likeness (QED) is 0.840. The smallest absolute Gasteiger partial charge is 0.0992 e. The van der Waals surface area contributed by atoms with Gasteiger partial charge in [-0.15, -0.1) is 11.3 Å². The Morgan fingerprint density at radius 3 is 2.74 bits per heavy atom. The van der Waals surface area contributed by atoms with Gasteiger partial charge in [-0.05, 0) is 35.8 Å². The van der Waals surface area contributed by atoms with E-state index in [0.717, 1.165) is 28.0 Å². The molecule has 2 rings (SSSR count). The number of nitrogens with zero attached hydrogens (tertiary/aromatic N) is 2. The highest BCUT2D eigenvalue weighted by Crippen LogP contribution is 2.36. The summed E-state index contributed by atoms with van der Waals surface area (Å²) in [6, 6.07) is 1.65. The summed E-state index contributed by atoms with van der Waals surface area (Å²) in [5, 5.41) is 4.46. The monoisotopic (exact) mass is 381 g/mol. The highest BCUT2D eigenvalue weighted by molar-refractivity contribution is 9.10. The highest BCUT2D eigenvalue weighted by atomic mass is 79.9. The highest BCUT2D eigenvalue weighted by Gasteiger charge is 2.19. The summed E-state index contributed by atoms with van der Waals surface area (Å²) in [6.45, 7) is 4.84. The molecule has 7 heteroatoms. The van der Waals surface area contributed by atoms with E-state index in [1.54, 1.807) is 0 Å². The number of halogens is 3. The lowest BCUT2D eigenvalue weighted by Crippen LogP contribution is -2.16. The van der Waals surface area contributed by atoms with Crippen LogP contribution >= 0.6 is 50.5 Å². The maximum atomic E-state index is 6.24. The first-order chi connectivity index (χ1) is 8.93. The molecule has 19 heavy (non-hydrogen) atoms. The van der Waals surface area contributed by atoms with E-state index < -0.39 is 0 Å². The largest absolute Gasteiger partial charge is 0.324 e. The molecule has 0 fully saturated rings. The van der Waals surface area contributed by atoms with E-state index in [1.807, 2.05) is 17.7 Å². The van der Waals surface area contributed by atoms with Gasteiger partial charge in [0.15, 0.2) is 0 Å². The summed E-state index contributed by atoms with van der Waals surface area (Å²) in [5.74, 6) is 0. The predicted molar refractivity (Wildman–Crippen MR) is 85.3 cm³/mol. The summed E-state index contributed by atoms with van der Waals surface area (Å²) in [7, 11) is 0. The Hall–Kier alpha value is -0.0700. The normalized spacial score (nSPS) is 12.9. The van der Waals surface area contributed by atoms with Gasteiger partial charge in [-0.25, -0.2) is 0 Å². The van der Waals surface area contributed by atoms with Gasteiger partial charge in [-0.3, -0.25) is 4.68 Å². The van der Waals surface area contributed by atoms with Crippen molar-refractivity contribution in [1.29, 1.82) is 0 Å². The van der Waals surface area contributed by atoms with E-state index >= 15 is 0 Å². The lowest BCUT2D eigenvalue weighted by atomic mass is 10.1. The molecule has 1 atom stereocenters. The van der Waals surface area contributed by atoms with E-state index in [0.29, 0.717) is 15.1 Å². The molecule has 1 unspecified atom stereocenters. The van der Waals surface area contributed by atoms with Gasteiger partial charge >= 0.3 is 0 Å². The van der Waals surface area contributed by atoms with Crippen LogP contribution in [0.15, 0.2) is 10.5 Å². The summed E-state index contributed by atoms with van der Waals surface area (Å²) < 4.78 is 4.30. The average Bonchev–Trinajstić information content (AvgIpc) is 2.83. The fourth-order valence-electron chi connectivity index (χ4n) is 1.99. The van der Waals surface area contributed by atoms with Gasteiger partial charge in [0.2, 0.25) is 0 Å². The molecule has 2 N–H and O–H groups in total. The third-order valence-electron chi connectivity index (χ3n) is 2.95. The van der Waals surface area contributed by atoms with Crippen molar-refractivity contribution in [3.8, 4) is 0 Å². The van der Waals surface area contributed by atoms with E-state index in [2.05, 4.69) is 28.0 Å². The Bertz CT molecular complexity index is 594. The van der Waals surface area contributed by atoms with Crippen molar-refractivity contribution in [3.05, 3.63) is 36.2 Å². The van der Waals surface area contributed by atoms with E-state index in [9.17, 15) is 0 Å². The Kier molecular flexibility index (Phi) is 4.95. The standard InChI is InChI=1S/C12H14BrCl2N3S/c1-3-18-9(11(13)6(2)17-18)5-8(16)7-4-10(14)19-12(7)15/h4,8H,3,5,16H2,1-2H3. The summed E-state index contributed by atoms with van der Waals surface area (Å²) >= 11 is 17.0. The van der Waals surface area contributed by atoms with Crippen LogP contribution in [0.4, 0.5) is 0 Å². The SMILES string of the molecule is CCn1nc(C)c(Br)c1CC(N)c1cc(Cl)sc1Cl. The molecule has 0 aliphatic heterocycles. The van der Waals surface area contributed by atoms with Crippen LogP contribution in [0.2, 0.25) is 8.67 Å². The number of aromatic nitrogens is 2. The minimum Gasteiger partial charge on any atom is -0.324 e. The fraction of sp³-hybridized carbons (Fsp3) is 0.417. The molecule has 2 heterocycles. The summed E-state index contributed by atoms with van der Waals surface area (Å²) in [5.41, 5.74) is 9.20. The Labute approximate surface area is 134 Å². The van der Waals surface area contributed by atoms with Crippen LogP contribution in [0.3, 0.4) is 0 Å². The van der Waals surface area contributed by atoms with Gasteiger partial charge < -0.3 is 5.73 Å². The first kappa shape index (κ1) is 15.3. The van der Waals surface area contributed by atoms with Gasteiger partial charge in [0, 0.05) is 24.6 Å². The van der Waals surface area contributed by atoms with Gasteiger partial charge in [0.1, 0.15) is 0 Å². The minimum absolute atomic E-state index is 0.186. The zero-order valence-corrected chi connectivity index (χ0v) is 14.5. The molecule has 0 radical (unpaired) electrons. The van der Waals surface area contributed by atoms with Crippen molar-refractivity contribution < 1.29 is 0 Å². The van der Waals surface area contributed by atoms with E-state index in [4.69, 9.17) is 28.9 Å². The molecule has 0 aliphatic rings. The minimum atomic E-state index is -0.186. The van der Waals surface area contributed by atoms with Crippen molar-refractivity contribution in [2.45, 2.75) is 32.9 Å². The number of hydrogen-bond acceptors (Lipinski definition) is 3. The van der Waals surface area contributed by atoms with Gasteiger partial charge in [0.05, 0.1) is 24.5 Å². The molecule has 0 aromatic carbocycles. The third-order valence-corrected chi connectivity index (χ3v) is 5.50. The van der Waals surface area contributed by atoms with Crippen molar-refractivity contribution in [3.63, 3.8) is 0 Å². The maximum absolute atomic E-state index is 6.24. The third kappa shape index (κ3) is 3.16. The molecular formula is C12H14BrCl2N3S. The lowest BCUT2D eigenvalue weighted by molar-refractivity contribution is 0.587. The number of thiophene rings is 1. The Morgan fingerprint density at radius 1 is 1.53 bits per heavy atom. The van der Waals surface area contributed by atoms with Crippen LogP contribution in [0.1, 0.15) is 29.9 Å². The fourth-order valence-corrected chi connectivity index (χ4v) is 4.03. The molecular weight excluding hydrogens is 369 g/mol. The number of hydrogen-bond donors (Lipinski definition) is 1. The van der Waals surface area contributed by atoms with Gasteiger partial charge in [-0.2, -0.15) is 5.10 Å². The molecule has 2 aromatic heterocycles. The Balaban J connectivity index is 2.28. The summed E-state index contributed by atoms with van der Waals surface area (Å²) in [6.07, 6.45) is 0.669. The van der Waals surface area contributed by atoms with Crippen LogP contribution in [0.25, 0.3) is 0 Å². The molecule has 0 amide bonds. The first-order valence-electron chi connectivity index (χ1n) is 5.86. The van der Waals surface area contributed by atoms with E-state index in [-0.39, 0.29) is 6.04 Å². The average molecular weight is 383 g/mol. The van der Waals surface area contributed by atoms with E-state index in [1.165, 1.54) is 11.3 Å². The second-order valence-electron chi connectivity index (χ2n) is 4.25. The molecule has 0 bridgehead atoms. The molecule has 2 aromatic rings. The molecule has 0 saturated heterocycles. The molecule has 0 spiro atoms.